The third kappa shape index (κ3) is 3.01. The maximum Gasteiger partial charge on any atom is 0.243 e. The Kier molecular flexibility index (Phi) is 4.53. The topological polar surface area (TPSA) is 72.9 Å². The van der Waals surface area contributed by atoms with Crippen LogP contribution in [0.1, 0.15) is 21.5 Å². The largest absolute Gasteiger partial charge is 0.493 e. The van der Waals surface area contributed by atoms with E-state index >= 15 is 0 Å². The number of nitrogens with zero attached hydrogens (tertiary/aromatic N) is 1. The van der Waals surface area contributed by atoms with Crippen molar-refractivity contribution in [3.63, 3.8) is 0 Å². The van der Waals surface area contributed by atoms with Crippen LogP contribution < -0.4 is 9.47 Å². The second-order valence-electron chi connectivity index (χ2n) is 5.84. The minimum absolute atomic E-state index is 0.0532. The van der Waals surface area contributed by atoms with Gasteiger partial charge in [0, 0.05) is 17.7 Å². The Balaban J connectivity index is 2.06. The van der Waals surface area contributed by atoms with Gasteiger partial charge in [-0.25, -0.2) is 8.42 Å². The molecule has 0 fully saturated rings. The lowest BCUT2D eigenvalue weighted by molar-refractivity contribution is 0.0948. The van der Waals surface area contributed by atoms with Crippen molar-refractivity contribution in [3.05, 3.63) is 53.1 Å². The molecule has 1 aliphatic heterocycles. The summed E-state index contributed by atoms with van der Waals surface area (Å²) in [6, 6.07) is 9.86. The van der Waals surface area contributed by atoms with E-state index in [1.54, 1.807) is 36.4 Å². The first-order valence-electron chi connectivity index (χ1n) is 7.72. The van der Waals surface area contributed by atoms with Crippen molar-refractivity contribution in [2.75, 3.05) is 20.8 Å². The Bertz CT molecular complexity index is 919. The monoisotopic (exact) mass is 361 g/mol. The highest BCUT2D eigenvalue weighted by Gasteiger charge is 2.34. The van der Waals surface area contributed by atoms with Crippen molar-refractivity contribution < 1.29 is 22.7 Å². The molecule has 0 aliphatic carbocycles. The third-order valence-corrected chi connectivity index (χ3v) is 6.07. The quantitative estimate of drug-likeness (QED) is 0.836. The van der Waals surface area contributed by atoms with Crippen LogP contribution in [0.25, 0.3) is 0 Å². The second kappa shape index (κ2) is 6.50. The van der Waals surface area contributed by atoms with Crippen molar-refractivity contribution in [3.8, 4) is 11.5 Å². The van der Waals surface area contributed by atoms with Gasteiger partial charge in [-0.3, -0.25) is 4.79 Å². The first-order valence-corrected chi connectivity index (χ1v) is 9.16. The molecule has 0 saturated carbocycles. The van der Waals surface area contributed by atoms with Gasteiger partial charge in [-0.1, -0.05) is 17.7 Å². The van der Waals surface area contributed by atoms with Gasteiger partial charge in [-0.05, 0) is 31.2 Å². The molecule has 0 bridgehead atoms. The molecule has 0 aromatic heterocycles. The van der Waals surface area contributed by atoms with Gasteiger partial charge < -0.3 is 9.47 Å². The number of ether oxygens (including phenoxy) is 2. The molecule has 0 atom stereocenters. The van der Waals surface area contributed by atoms with E-state index in [2.05, 4.69) is 0 Å². The van der Waals surface area contributed by atoms with Crippen LogP contribution in [0.15, 0.2) is 41.3 Å². The summed E-state index contributed by atoms with van der Waals surface area (Å²) in [5, 5.41) is 0. The summed E-state index contributed by atoms with van der Waals surface area (Å²) in [5.74, 6) is 0.582. The van der Waals surface area contributed by atoms with Crippen LogP contribution in [0.2, 0.25) is 0 Å². The van der Waals surface area contributed by atoms with Gasteiger partial charge in [0.2, 0.25) is 10.0 Å². The highest BCUT2D eigenvalue weighted by molar-refractivity contribution is 7.89. The van der Waals surface area contributed by atoms with Crippen LogP contribution >= 0.6 is 0 Å². The molecular weight excluding hydrogens is 342 g/mol. The van der Waals surface area contributed by atoms with Crippen molar-refractivity contribution in [1.82, 2.24) is 4.31 Å². The summed E-state index contributed by atoms with van der Waals surface area (Å²) in [6.07, 6.45) is 0. The summed E-state index contributed by atoms with van der Waals surface area (Å²) >= 11 is 0. The number of aryl methyl sites for hydroxylation is 1. The van der Waals surface area contributed by atoms with Gasteiger partial charge in [0.25, 0.3) is 0 Å². The standard InChI is InChI=1S/C18H19NO5S/c1-12-4-6-13(7-5-12)25(21,22)19-10-15-14(16(20)11-19)8-9-17(23-2)18(15)24-3/h4-9H,10-11H2,1-3H3. The Morgan fingerprint density at radius 1 is 0.960 bits per heavy atom. The first kappa shape index (κ1) is 17.4. The normalized spacial score (nSPS) is 14.9. The van der Waals surface area contributed by atoms with Crippen LogP contribution in [0, 0.1) is 6.92 Å². The van der Waals surface area contributed by atoms with Gasteiger partial charge >= 0.3 is 0 Å². The number of hydrogen-bond acceptors (Lipinski definition) is 5. The number of carbonyl (C=O) groups is 1. The highest BCUT2D eigenvalue weighted by atomic mass is 32.2. The molecular formula is C18H19NO5S. The molecule has 0 radical (unpaired) electrons. The summed E-state index contributed by atoms with van der Waals surface area (Å²) in [7, 11) is -0.819. The summed E-state index contributed by atoms with van der Waals surface area (Å²) in [4.78, 5) is 12.7. The summed E-state index contributed by atoms with van der Waals surface area (Å²) in [5.41, 5.74) is 1.95. The van der Waals surface area contributed by atoms with Crippen LogP contribution in [0.5, 0.6) is 11.5 Å². The zero-order valence-electron chi connectivity index (χ0n) is 14.3. The number of rotatable bonds is 4. The van der Waals surface area contributed by atoms with E-state index in [0.717, 1.165) is 5.56 Å². The lowest BCUT2D eigenvalue weighted by Crippen LogP contribution is -2.39. The van der Waals surface area contributed by atoms with E-state index in [-0.39, 0.29) is 23.8 Å². The molecule has 6 nitrogen and oxygen atoms in total. The molecule has 2 aromatic carbocycles. The minimum Gasteiger partial charge on any atom is -0.493 e. The Hall–Kier alpha value is -2.38. The third-order valence-electron chi connectivity index (χ3n) is 4.26. The number of benzene rings is 2. The molecule has 2 aromatic rings. The second-order valence-corrected chi connectivity index (χ2v) is 7.77. The van der Waals surface area contributed by atoms with Gasteiger partial charge in [0.05, 0.1) is 25.7 Å². The number of methoxy groups -OCH3 is 2. The smallest absolute Gasteiger partial charge is 0.243 e. The van der Waals surface area contributed by atoms with E-state index in [4.69, 9.17) is 9.47 Å². The fourth-order valence-corrected chi connectivity index (χ4v) is 4.28. The lowest BCUT2D eigenvalue weighted by Gasteiger charge is -2.28. The van der Waals surface area contributed by atoms with E-state index in [1.807, 2.05) is 6.92 Å². The summed E-state index contributed by atoms with van der Waals surface area (Å²) < 4.78 is 37.6. The molecule has 0 N–H and O–H groups in total. The van der Waals surface area contributed by atoms with Gasteiger partial charge in [-0.2, -0.15) is 4.31 Å². The molecule has 3 rings (SSSR count). The van der Waals surface area contributed by atoms with Crippen molar-refractivity contribution in [2.24, 2.45) is 0 Å². The predicted octanol–water partition coefficient (Wildman–Crippen LogP) is 2.40. The van der Waals surface area contributed by atoms with E-state index < -0.39 is 10.0 Å². The Morgan fingerprint density at radius 2 is 1.64 bits per heavy atom. The fraction of sp³-hybridized carbons (Fsp3) is 0.278. The molecule has 1 heterocycles. The Labute approximate surface area is 147 Å². The highest BCUT2D eigenvalue weighted by Crippen LogP contribution is 2.37. The number of carbonyl (C=O) groups excluding carboxylic acids is 1. The van der Waals surface area contributed by atoms with E-state index in [0.29, 0.717) is 22.6 Å². The number of fused-ring (bicyclic) bond motifs is 1. The minimum atomic E-state index is -3.78. The maximum atomic E-state index is 12.9. The fourth-order valence-electron chi connectivity index (χ4n) is 2.92. The first-order chi connectivity index (χ1) is 11.9. The number of sulfonamides is 1. The number of Topliss-reactive ketones (excluding diaryl/α,β-unsaturated/α-hetero) is 1. The van der Waals surface area contributed by atoms with Crippen LogP contribution in [0.3, 0.4) is 0 Å². The predicted molar refractivity (Wildman–Crippen MR) is 92.7 cm³/mol. The van der Waals surface area contributed by atoms with Gasteiger partial charge in [0.15, 0.2) is 17.3 Å². The SMILES string of the molecule is COc1ccc2c(c1OC)CN(S(=O)(=O)c1ccc(C)cc1)CC2=O. The van der Waals surface area contributed by atoms with Crippen molar-refractivity contribution in [1.29, 1.82) is 0 Å². The molecule has 0 unspecified atom stereocenters. The zero-order chi connectivity index (χ0) is 18.2. The number of hydrogen-bond donors (Lipinski definition) is 0. The van der Waals surface area contributed by atoms with Crippen LogP contribution in [-0.4, -0.2) is 39.3 Å². The molecule has 0 amide bonds. The summed E-state index contributed by atoms with van der Waals surface area (Å²) in [6.45, 7) is 1.74. The van der Waals surface area contributed by atoms with E-state index in [1.165, 1.54) is 18.5 Å². The zero-order valence-corrected chi connectivity index (χ0v) is 15.1. The molecule has 25 heavy (non-hydrogen) atoms. The average molecular weight is 361 g/mol. The molecule has 132 valence electrons. The molecule has 0 spiro atoms. The van der Waals surface area contributed by atoms with Crippen molar-refractivity contribution in [2.45, 2.75) is 18.4 Å². The maximum absolute atomic E-state index is 12.9. The molecule has 1 aliphatic rings. The van der Waals surface area contributed by atoms with Gasteiger partial charge in [0.1, 0.15) is 0 Å². The van der Waals surface area contributed by atoms with Gasteiger partial charge in [-0.15, -0.1) is 0 Å². The molecule has 0 saturated heterocycles. The van der Waals surface area contributed by atoms with E-state index in [9.17, 15) is 13.2 Å². The van der Waals surface area contributed by atoms with Crippen LogP contribution in [0.4, 0.5) is 0 Å². The van der Waals surface area contributed by atoms with Crippen LogP contribution in [-0.2, 0) is 16.6 Å². The average Bonchev–Trinajstić information content (AvgIpc) is 2.60. The number of ketones is 1. The Morgan fingerprint density at radius 3 is 2.24 bits per heavy atom. The lowest BCUT2D eigenvalue weighted by atomic mass is 9.98. The van der Waals surface area contributed by atoms with Crippen molar-refractivity contribution >= 4 is 15.8 Å². The molecule has 7 heteroatoms.